The molecule has 2 N–H and O–H groups in total. The zero-order chi connectivity index (χ0) is 15.1. The molecule has 0 aromatic heterocycles. The molecule has 0 saturated carbocycles. The molecule has 0 amide bonds. The topological polar surface area (TPSA) is 57.5 Å². The summed E-state index contributed by atoms with van der Waals surface area (Å²) in [7, 11) is 0. The second-order valence-electron chi connectivity index (χ2n) is 4.63. The third kappa shape index (κ3) is 4.66. The zero-order valence-electron chi connectivity index (χ0n) is 11.4. The summed E-state index contributed by atoms with van der Waals surface area (Å²) in [5, 5.41) is 18.4. The molecule has 0 unspecified atom stereocenters. The average molecular weight is 280 g/mol. The van der Waals surface area contributed by atoms with E-state index in [1.54, 1.807) is 54.6 Å². The van der Waals surface area contributed by atoms with E-state index in [1.807, 2.05) is 12.2 Å². The first-order chi connectivity index (χ1) is 10.2. The van der Waals surface area contributed by atoms with Crippen molar-refractivity contribution >= 4 is 18.4 Å². The van der Waals surface area contributed by atoms with Gasteiger partial charge in [0.2, 0.25) is 0 Å². The van der Waals surface area contributed by atoms with Crippen molar-refractivity contribution in [2.45, 2.75) is 6.42 Å². The van der Waals surface area contributed by atoms with Gasteiger partial charge in [-0.1, -0.05) is 36.4 Å². The summed E-state index contributed by atoms with van der Waals surface area (Å²) < 4.78 is 0. The van der Waals surface area contributed by atoms with Crippen LogP contribution in [0.1, 0.15) is 17.5 Å². The highest BCUT2D eigenvalue weighted by Crippen LogP contribution is 2.15. The Bertz CT molecular complexity index is 650. The Morgan fingerprint density at radius 3 is 1.90 bits per heavy atom. The van der Waals surface area contributed by atoms with Crippen molar-refractivity contribution in [3.8, 4) is 11.5 Å². The minimum Gasteiger partial charge on any atom is -0.508 e. The molecule has 2 aromatic carbocycles. The Morgan fingerprint density at radius 2 is 1.38 bits per heavy atom. The van der Waals surface area contributed by atoms with Gasteiger partial charge in [-0.3, -0.25) is 4.79 Å². The van der Waals surface area contributed by atoms with E-state index in [-0.39, 0.29) is 11.5 Å². The molecule has 0 radical (unpaired) electrons. The van der Waals surface area contributed by atoms with E-state index in [2.05, 4.69) is 0 Å². The number of aromatic hydroxyl groups is 2. The first kappa shape index (κ1) is 14.6. The van der Waals surface area contributed by atoms with E-state index in [9.17, 15) is 15.0 Å². The van der Waals surface area contributed by atoms with Gasteiger partial charge in [0.15, 0.2) is 0 Å². The lowest BCUT2D eigenvalue weighted by atomic mass is 10.1. The van der Waals surface area contributed by atoms with Crippen LogP contribution in [0.5, 0.6) is 11.5 Å². The van der Waals surface area contributed by atoms with E-state index in [0.29, 0.717) is 12.0 Å². The van der Waals surface area contributed by atoms with Crippen molar-refractivity contribution in [3.05, 3.63) is 71.3 Å². The number of phenolic OH excluding ortho intramolecular Hbond substituents is 2. The minimum absolute atomic E-state index is 0.201. The number of carbonyl (C=O) groups is 1. The molecule has 0 aliphatic carbocycles. The van der Waals surface area contributed by atoms with Gasteiger partial charge in [-0.05, 0) is 53.5 Å². The van der Waals surface area contributed by atoms with Gasteiger partial charge in [0.05, 0.1) is 0 Å². The third-order valence-electron chi connectivity index (χ3n) is 2.95. The normalized spacial score (nSPS) is 11.7. The van der Waals surface area contributed by atoms with Crippen molar-refractivity contribution in [2.24, 2.45) is 0 Å². The van der Waals surface area contributed by atoms with E-state index < -0.39 is 0 Å². The molecule has 2 rings (SSSR count). The van der Waals surface area contributed by atoms with E-state index in [0.717, 1.165) is 17.4 Å². The monoisotopic (exact) mass is 280 g/mol. The Kier molecular flexibility index (Phi) is 4.94. The maximum absolute atomic E-state index is 11.1. The molecule has 0 spiro atoms. The first-order valence-electron chi connectivity index (χ1n) is 6.58. The van der Waals surface area contributed by atoms with Gasteiger partial charge >= 0.3 is 0 Å². The SMILES string of the molecule is O=CC(=Cc1ccc(O)cc1)CC=Cc1ccc(O)cc1. The second-order valence-corrected chi connectivity index (χ2v) is 4.63. The van der Waals surface area contributed by atoms with Crippen LogP contribution >= 0.6 is 0 Å². The lowest BCUT2D eigenvalue weighted by molar-refractivity contribution is -0.104. The van der Waals surface area contributed by atoms with Crippen LogP contribution in [0.25, 0.3) is 12.2 Å². The highest BCUT2D eigenvalue weighted by Gasteiger charge is 1.95. The molecule has 2 aromatic rings. The van der Waals surface area contributed by atoms with Gasteiger partial charge in [-0.15, -0.1) is 0 Å². The Morgan fingerprint density at radius 1 is 0.857 bits per heavy atom. The standard InChI is InChI=1S/C18H16O3/c19-13-16(12-15-6-10-18(21)11-7-15)3-1-2-14-4-8-17(20)9-5-14/h1-2,4-13,20-21H,3H2. The summed E-state index contributed by atoms with van der Waals surface area (Å²) in [5.74, 6) is 0.431. The first-order valence-corrected chi connectivity index (χ1v) is 6.58. The smallest absolute Gasteiger partial charge is 0.146 e. The van der Waals surface area contributed by atoms with Gasteiger partial charge in [0.25, 0.3) is 0 Å². The summed E-state index contributed by atoms with van der Waals surface area (Å²) in [4.78, 5) is 11.1. The number of hydrogen-bond acceptors (Lipinski definition) is 3. The van der Waals surface area contributed by atoms with E-state index in [1.165, 1.54) is 0 Å². The van der Waals surface area contributed by atoms with Gasteiger partial charge in [0, 0.05) is 0 Å². The van der Waals surface area contributed by atoms with Crippen LogP contribution in [0.15, 0.2) is 60.2 Å². The molecule has 0 saturated heterocycles. The van der Waals surface area contributed by atoms with E-state index in [4.69, 9.17) is 0 Å². The lowest BCUT2D eigenvalue weighted by Gasteiger charge is -1.98. The van der Waals surface area contributed by atoms with E-state index >= 15 is 0 Å². The molecule has 0 fully saturated rings. The number of aldehydes is 1. The number of rotatable bonds is 5. The van der Waals surface area contributed by atoms with Gasteiger partial charge in [0.1, 0.15) is 17.8 Å². The number of carbonyl (C=O) groups excluding carboxylic acids is 1. The molecule has 0 aliphatic rings. The fourth-order valence-electron chi connectivity index (χ4n) is 1.84. The molecule has 3 heteroatoms. The van der Waals surface area contributed by atoms with Gasteiger partial charge < -0.3 is 10.2 Å². The largest absolute Gasteiger partial charge is 0.508 e. The van der Waals surface area contributed by atoms with Crippen molar-refractivity contribution in [1.29, 1.82) is 0 Å². The van der Waals surface area contributed by atoms with Crippen molar-refractivity contribution in [3.63, 3.8) is 0 Å². The summed E-state index contributed by atoms with van der Waals surface area (Å²) >= 11 is 0. The molecule has 3 nitrogen and oxygen atoms in total. The predicted molar refractivity (Wildman–Crippen MR) is 83.9 cm³/mol. The lowest BCUT2D eigenvalue weighted by Crippen LogP contribution is -1.83. The molecular formula is C18H16O3. The molecule has 106 valence electrons. The fourth-order valence-corrected chi connectivity index (χ4v) is 1.84. The van der Waals surface area contributed by atoms with Crippen molar-refractivity contribution in [1.82, 2.24) is 0 Å². The highest BCUT2D eigenvalue weighted by atomic mass is 16.3. The van der Waals surface area contributed by atoms with Crippen LogP contribution in [0, 0.1) is 0 Å². The molecular weight excluding hydrogens is 264 g/mol. The van der Waals surface area contributed by atoms with Gasteiger partial charge in [-0.2, -0.15) is 0 Å². The molecule has 0 atom stereocenters. The Hall–Kier alpha value is -2.81. The molecule has 21 heavy (non-hydrogen) atoms. The maximum atomic E-state index is 11.1. The Balaban J connectivity index is 2.03. The average Bonchev–Trinajstić information content (AvgIpc) is 2.50. The zero-order valence-corrected chi connectivity index (χ0v) is 11.4. The summed E-state index contributed by atoms with van der Waals surface area (Å²) in [6, 6.07) is 13.5. The van der Waals surface area contributed by atoms with Crippen LogP contribution in [0.3, 0.4) is 0 Å². The second kappa shape index (κ2) is 7.10. The van der Waals surface area contributed by atoms with Crippen LogP contribution < -0.4 is 0 Å². The number of allylic oxidation sites excluding steroid dienone is 2. The number of hydrogen-bond donors (Lipinski definition) is 2. The van der Waals surface area contributed by atoms with Crippen LogP contribution in [0.2, 0.25) is 0 Å². The summed E-state index contributed by atoms with van der Waals surface area (Å²) in [6.07, 6.45) is 6.92. The third-order valence-corrected chi connectivity index (χ3v) is 2.95. The quantitative estimate of drug-likeness (QED) is 0.647. The molecule has 0 aliphatic heterocycles. The predicted octanol–water partition coefficient (Wildman–Crippen LogP) is 3.78. The van der Waals surface area contributed by atoms with Crippen LogP contribution in [-0.2, 0) is 4.79 Å². The summed E-state index contributed by atoms with van der Waals surface area (Å²) in [6.45, 7) is 0. The minimum atomic E-state index is 0.201. The van der Waals surface area contributed by atoms with Crippen LogP contribution in [0.4, 0.5) is 0 Å². The van der Waals surface area contributed by atoms with Crippen molar-refractivity contribution < 1.29 is 15.0 Å². The number of benzene rings is 2. The highest BCUT2D eigenvalue weighted by molar-refractivity contribution is 5.82. The van der Waals surface area contributed by atoms with Gasteiger partial charge in [-0.25, -0.2) is 0 Å². The van der Waals surface area contributed by atoms with Crippen LogP contribution in [-0.4, -0.2) is 16.5 Å². The van der Waals surface area contributed by atoms with Crippen molar-refractivity contribution in [2.75, 3.05) is 0 Å². The maximum Gasteiger partial charge on any atom is 0.146 e. The molecule has 0 bridgehead atoms. The number of phenols is 2. The summed E-state index contributed by atoms with van der Waals surface area (Å²) in [5.41, 5.74) is 2.48. The Labute approximate surface area is 123 Å². The fraction of sp³-hybridized carbons (Fsp3) is 0.0556. The molecule has 0 heterocycles.